The Hall–Kier alpha value is -2.31. The van der Waals surface area contributed by atoms with Gasteiger partial charge in [0.2, 0.25) is 0 Å². The number of nitro groups is 1. The summed E-state index contributed by atoms with van der Waals surface area (Å²) in [6.07, 6.45) is 2.31. The van der Waals surface area contributed by atoms with Gasteiger partial charge in [-0.05, 0) is 51.7 Å². The number of benzene rings is 1. The highest BCUT2D eigenvalue weighted by Crippen LogP contribution is 2.28. The second-order valence-electron chi connectivity index (χ2n) is 6.94. The molecule has 7 heteroatoms. The number of amides is 1. The van der Waals surface area contributed by atoms with Gasteiger partial charge < -0.3 is 15.0 Å². The number of nitro benzene ring substituents is 1. The fraction of sp³-hybridized carbons (Fsp3) is 0.588. The van der Waals surface area contributed by atoms with Gasteiger partial charge in [-0.1, -0.05) is 0 Å². The van der Waals surface area contributed by atoms with Crippen LogP contribution in [-0.4, -0.2) is 36.3 Å². The number of rotatable bonds is 5. The maximum atomic E-state index is 11.7. The van der Waals surface area contributed by atoms with Crippen molar-refractivity contribution < 1.29 is 14.5 Å². The number of non-ortho nitro benzene ring substituents is 1. The number of alkyl carbamates (subject to hydrolysis) is 1. The van der Waals surface area contributed by atoms with Crippen LogP contribution in [0, 0.1) is 10.1 Å². The standard InChI is InChI=1S/C17H25N3O4/c1-17(2,3)24-16(21)18-9-8-13-12-14(20(22)23)6-7-15(13)19-10-4-5-11-19/h6-7,12H,4-5,8-11H2,1-3H3,(H,18,21). The lowest BCUT2D eigenvalue weighted by atomic mass is 10.1. The number of hydrogen-bond acceptors (Lipinski definition) is 5. The van der Waals surface area contributed by atoms with Crippen molar-refractivity contribution in [3.05, 3.63) is 33.9 Å². The predicted molar refractivity (Wildman–Crippen MR) is 92.5 cm³/mol. The smallest absolute Gasteiger partial charge is 0.407 e. The first-order valence-electron chi connectivity index (χ1n) is 8.25. The molecular formula is C17H25N3O4. The van der Waals surface area contributed by atoms with Crippen molar-refractivity contribution in [1.82, 2.24) is 5.32 Å². The minimum atomic E-state index is -0.545. The number of hydrogen-bond donors (Lipinski definition) is 1. The highest BCUT2D eigenvalue weighted by molar-refractivity contribution is 5.67. The minimum absolute atomic E-state index is 0.0743. The molecule has 0 saturated carbocycles. The zero-order valence-electron chi connectivity index (χ0n) is 14.5. The van der Waals surface area contributed by atoms with Crippen molar-refractivity contribution in [2.75, 3.05) is 24.5 Å². The molecule has 0 radical (unpaired) electrons. The summed E-state index contributed by atoms with van der Waals surface area (Å²) < 4.78 is 5.20. The summed E-state index contributed by atoms with van der Waals surface area (Å²) in [6, 6.07) is 4.95. The molecule has 1 aliphatic heterocycles. The van der Waals surface area contributed by atoms with Crippen LogP contribution in [0.2, 0.25) is 0 Å². The first-order valence-corrected chi connectivity index (χ1v) is 8.25. The molecule has 0 bridgehead atoms. The average Bonchev–Trinajstić information content (AvgIpc) is 2.99. The maximum Gasteiger partial charge on any atom is 0.407 e. The number of carbonyl (C=O) groups excluding carboxylic acids is 1. The van der Waals surface area contributed by atoms with Crippen LogP contribution in [0.25, 0.3) is 0 Å². The van der Waals surface area contributed by atoms with Gasteiger partial charge in [-0.15, -0.1) is 0 Å². The fourth-order valence-corrected chi connectivity index (χ4v) is 2.77. The molecule has 132 valence electrons. The number of nitrogens with zero attached hydrogens (tertiary/aromatic N) is 2. The summed E-state index contributed by atoms with van der Waals surface area (Å²) in [4.78, 5) is 24.6. The van der Waals surface area contributed by atoms with E-state index in [1.165, 1.54) is 0 Å². The van der Waals surface area contributed by atoms with Gasteiger partial charge in [0, 0.05) is 37.5 Å². The van der Waals surface area contributed by atoms with E-state index in [2.05, 4.69) is 10.2 Å². The Balaban J connectivity index is 2.04. The molecule has 1 heterocycles. The molecule has 0 unspecified atom stereocenters. The molecule has 1 aromatic carbocycles. The Bertz CT molecular complexity index is 604. The van der Waals surface area contributed by atoms with Crippen LogP contribution in [0.3, 0.4) is 0 Å². The van der Waals surface area contributed by atoms with E-state index >= 15 is 0 Å². The average molecular weight is 335 g/mol. The van der Waals surface area contributed by atoms with Gasteiger partial charge in [-0.25, -0.2) is 4.79 Å². The highest BCUT2D eigenvalue weighted by atomic mass is 16.6. The van der Waals surface area contributed by atoms with E-state index in [0.717, 1.165) is 37.2 Å². The second kappa shape index (κ2) is 7.51. The third-order valence-corrected chi connectivity index (χ3v) is 3.78. The van der Waals surface area contributed by atoms with Crippen molar-refractivity contribution in [3.8, 4) is 0 Å². The lowest BCUT2D eigenvalue weighted by Crippen LogP contribution is -2.33. The summed E-state index contributed by atoms with van der Waals surface area (Å²) in [7, 11) is 0. The maximum absolute atomic E-state index is 11.7. The van der Waals surface area contributed by atoms with Crippen molar-refractivity contribution in [1.29, 1.82) is 0 Å². The van der Waals surface area contributed by atoms with Crippen molar-refractivity contribution in [3.63, 3.8) is 0 Å². The summed E-state index contributed by atoms with van der Waals surface area (Å²) >= 11 is 0. The van der Waals surface area contributed by atoms with Crippen LogP contribution in [0.15, 0.2) is 18.2 Å². The quantitative estimate of drug-likeness (QED) is 0.659. The summed E-state index contributed by atoms with van der Waals surface area (Å²) in [6.45, 7) is 7.71. The molecule has 2 rings (SSSR count). The van der Waals surface area contributed by atoms with Crippen LogP contribution in [0.5, 0.6) is 0 Å². The first-order chi connectivity index (χ1) is 11.3. The van der Waals surface area contributed by atoms with E-state index in [-0.39, 0.29) is 5.69 Å². The number of carbonyl (C=O) groups is 1. The molecule has 0 spiro atoms. The molecule has 0 aliphatic carbocycles. The van der Waals surface area contributed by atoms with Gasteiger partial charge in [0.25, 0.3) is 5.69 Å². The molecule has 1 saturated heterocycles. The normalized spacial score (nSPS) is 14.5. The van der Waals surface area contributed by atoms with Crippen LogP contribution in [0.1, 0.15) is 39.2 Å². The molecule has 1 N–H and O–H groups in total. The Kier molecular flexibility index (Phi) is 5.64. The molecule has 24 heavy (non-hydrogen) atoms. The number of anilines is 1. The summed E-state index contributed by atoms with van der Waals surface area (Å²) in [5, 5.41) is 13.7. The summed E-state index contributed by atoms with van der Waals surface area (Å²) in [5.74, 6) is 0. The molecule has 1 aromatic rings. The predicted octanol–water partition coefficient (Wildman–Crippen LogP) is 3.26. The third kappa shape index (κ3) is 5.11. The van der Waals surface area contributed by atoms with E-state index in [1.807, 2.05) is 6.07 Å². The zero-order chi connectivity index (χ0) is 17.7. The molecule has 1 aliphatic rings. The first kappa shape index (κ1) is 18.0. The molecule has 7 nitrogen and oxygen atoms in total. The van der Waals surface area contributed by atoms with Gasteiger partial charge in [0.1, 0.15) is 5.60 Å². The lowest BCUT2D eigenvalue weighted by molar-refractivity contribution is -0.384. The van der Waals surface area contributed by atoms with Gasteiger partial charge in [-0.2, -0.15) is 0 Å². The Morgan fingerprint density at radius 1 is 1.33 bits per heavy atom. The molecular weight excluding hydrogens is 310 g/mol. The fourth-order valence-electron chi connectivity index (χ4n) is 2.77. The van der Waals surface area contributed by atoms with Gasteiger partial charge in [-0.3, -0.25) is 10.1 Å². The second-order valence-corrected chi connectivity index (χ2v) is 6.94. The zero-order valence-corrected chi connectivity index (χ0v) is 14.5. The molecule has 1 fully saturated rings. The van der Waals surface area contributed by atoms with E-state index in [0.29, 0.717) is 13.0 Å². The van der Waals surface area contributed by atoms with E-state index in [9.17, 15) is 14.9 Å². The van der Waals surface area contributed by atoms with E-state index in [4.69, 9.17) is 4.74 Å². The van der Waals surface area contributed by atoms with Gasteiger partial charge in [0.05, 0.1) is 4.92 Å². The van der Waals surface area contributed by atoms with Crippen molar-refractivity contribution in [2.24, 2.45) is 0 Å². The third-order valence-electron chi connectivity index (χ3n) is 3.78. The Morgan fingerprint density at radius 3 is 2.58 bits per heavy atom. The minimum Gasteiger partial charge on any atom is -0.444 e. The van der Waals surface area contributed by atoms with Gasteiger partial charge in [0.15, 0.2) is 0 Å². The summed E-state index contributed by atoms with van der Waals surface area (Å²) in [5.41, 5.74) is 1.42. The van der Waals surface area contributed by atoms with Crippen LogP contribution in [-0.2, 0) is 11.2 Å². The molecule has 0 aromatic heterocycles. The Morgan fingerprint density at radius 2 is 2.00 bits per heavy atom. The largest absolute Gasteiger partial charge is 0.444 e. The Labute approximate surface area is 142 Å². The van der Waals surface area contributed by atoms with Crippen molar-refractivity contribution >= 4 is 17.5 Å². The highest BCUT2D eigenvalue weighted by Gasteiger charge is 2.19. The molecule has 1 amide bonds. The van der Waals surface area contributed by atoms with Crippen LogP contribution in [0.4, 0.5) is 16.2 Å². The van der Waals surface area contributed by atoms with Gasteiger partial charge >= 0.3 is 6.09 Å². The number of nitrogens with one attached hydrogen (secondary N) is 1. The topological polar surface area (TPSA) is 84.7 Å². The SMILES string of the molecule is CC(C)(C)OC(=O)NCCc1cc([N+](=O)[O-])ccc1N1CCCC1. The molecule has 0 atom stereocenters. The van der Waals surface area contributed by atoms with E-state index in [1.54, 1.807) is 32.9 Å². The van der Waals surface area contributed by atoms with Crippen molar-refractivity contribution in [2.45, 2.75) is 45.6 Å². The van der Waals surface area contributed by atoms with Crippen LogP contribution >= 0.6 is 0 Å². The number of ether oxygens (including phenoxy) is 1. The monoisotopic (exact) mass is 335 g/mol. The lowest BCUT2D eigenvalue weighted by Gasteiger charge is -2.22. The van der Waals surface area contributed by atoms with E-state index < -0.39 is 16.6 Å². The van der Waals surface area contributed by atoms with Crippen LogP contribution < -0.4 is 10.2 Å².